The van der Waals surface area contributed by atoms with Crippen LogP contribution in [0.25, 0.3) is 0 Å². The number of benzene rings is 1. The van der Waals surface area contributed by atoms with Crippen molar-refractivity contribution in [2.45, 2.75) is 169 Å². The van der Waals surface area contributed by atoms with Gasteiger partial charge in [-0.3, -0.25) is 33.6 Å². The molecule has 0 aromatic heterocycles. The number of hydrogen-bond acceptors (Lipinski definition) is 18. The minimum Gasteiger partial charge on any atom is -0.478 e. The Bertz CT molecular complexity index is 1770. The molecule has 1 unspecified atom stereocenters. The Hall–Kier alpha value is -5.59. The number of aliphatic hydroxyl groups excluding tert-OH is 1. The van der Waals surface area contributed by atoms with Crippen LogP contribution in [-0.4, -0.2) is 123 Å². The smallest absolute Gasteiger partial charge is 0.339 e. The number of ether oxygens (including phenoxy) is 8. The van der Waals surface area contributed by atoms with Gasteiger partial charge in [0.15, 0.2) is 0 Å². The Morgan fingerprint density at radius 1 is 0.423 bits per heavy atom. The highest BCUT2D eigenvalue weighted by Gasteiger charge is 2.43. The molecule has 19 heteroatoms. The molecular formula is C52H80O19. The van der Waals surface area contributed by atoms with Crippen LogP contribution >= 0.6 is 0 Å². The third-order valence-corrected chi connectivity index (χ3v) is 11.4. The SMILES string of the molecule is CCC(C)(CC(C)(C)C(=O)OCCOC(=O)CCCCCOC(=O)CCCCCOC(=O)CCCCCOC(=O)CCCCCOC(=O)CCCCCO)C(=O)OCCOC(=O)c1ccccc1C(=O)O. The van der Waals surface area contributed by atoms with Crippen LogP contribution in [0, 0.1) is 10.8 Å². The van der Waals surface area contributed by atoms with Gasteiger partial charge in [-0.25, -0.2) is 9.59 Å². The first-order valence-corrected chi connectivity index (χ1v) is 25.2. The standard InChI is InChI=1S/C52H80O19/c1-5-52(4,50(63)71-38-36-69-48(61)41-24-17-16-23-40(41)47(59)60)39-51(2,3)49(62)70-37-35-68-46(58)29-15-10-22-34-67-45(57)28-14-9-21-33-66-44(56)27-13-8-20-32-65-43(55)26-12-7-19-31-64-42(54)25-11-6-18-30-53/h16-17,23-24,53H,5-15,18-22,25-39H2,1-4H3,(H,59,60). The van der Waals surface area contributed by atoms with Crippen LogP contribution in [0.1, 0.15) is 190 Å². The van der Waals surface area contributed by atoms with Crippen LogP contribution in [0.2, 0.25) is 0 Å². The molecule has 0 radical (unpaired) electrons. The molecule has 0 spiro atoms. The maximum absolute atomic E-state index is 13.0. The largest absolute Gasteiger partial charge is 0.478 e. The first-order valence-electron chi connectivity index (χ1n) is 25.2. The molecule has 0 amide bonds. The predicted octanol–water partition coefficient (Wildman–Crippen LogP) is 7.97. The highest BCUT2D eigenvalue weighted by molar-refractivity contribution is 6.02. The van der Waals surface area contributed by atoms with E-state index < -0.39 is 40.7 Å². The van der Waals surface area contributed by atoms with Crippen molar-refractivity contribution in [3.63, 3.8) is 0 Å². The molecule has 71 heavy (non-hydrogen) atoms. The summed E-state index contributed by atoms with van der Waals surface area (Å²) in [5.41, 5.74) is -2.54. The zero-order chi connectivity index (χ0) is 52.8. The van der Waals surface area contributed by atoms with Crippen molar-refractivity contribution in [2.75, 3.05) is 59.5 Å². The van der Waals surface area contributed by atoms with Crippen molar-refractivity contribution in [3.8, 4) is 0 Å². The van der Waals surface area contributed by atoms with E-state index in [-0.39, 0.29) is 107 Å². The lowest BCUT2D eigenvalue weighted by Crippen LogP contribution is -2.39. The lowest BCUT2D eigenvalue weighted by molar-refractivity contribution is -0.166. The monoisotopic (exact) mass is 1010 g/mol. The summed E-state index contributed by atoms with van der Waals surface area (Å²) < 4.78 is 41.9. The molecule has 0 bridgehead atoms. The molecule has 2 N–H and O–H groups in total. The highest BCUT2D eigenvalue weighted by Crippen LogP contribution is 2.38. The summed E-state index contributed by atoms with van der Waals surface area (Å²) in [6, 6.07) is 5.58. The fourth-order valence-corrected chi connectivity index (χ4v) is 7.10. The highest BCUT2D eigenvalue weighted by atomic mass is 16.6. The van der Waals surface area contributed by atoms with Gasteiger partial charge in [0.05, 0.1) is 48.4 Å². The Balaban J connectivity index is 2.04. The summed E-state index contributed by atoms with van der Waals surface area (Å²) in [5, 5.41) is 18.0. The van der Waals surface area contributed by atoms with Gasteiger partial charge in [0, 0.05) is 38.7 Å². The van der Waals surface area contributed by atoms with Crippen LogP contribution in [-0.2, 0) is 71.5 Å². The topological polar surface area (TPSA) is 268 Å². The van der Waals surface area contributed by atoms with Gasteiger partial charge >= 0.3 is 53.7 Å². The van der Waals surface area contributed by atoms with Crippen LogP contribution in [0.3, 0.4) is 0 Å². The molecule has 1 atom stereocenters. The zero-order valence-corrected chi connectivity index (χ0v) is 42.6. The molecule has 19 nitrogen and oxygen atoms in total. The lowest BCUT2D eigenvalue weighted by Gasteiger charge is -2.33. The number of aromatic carboxylic acids is 1. The fraction of sp³-hybridized carbons (Fsp3) is 0.712. The number of unbranched alkanes of at least 4 members (excludes halogenated alkanes) is 10. The van der Waals surface area contributed by atoms with E-state index >= 15 is 0 Å². The van der Waals surface area contributed by atoms with Gasteiger partial charge < -0.3 is 48.1 Å². The summed E-state index contributed by atoms with van der Waals surface area (Å²) >= 11 is 0. The van der Waals surface area contributed by atoms with Crippen LogP contribution in [0.15, 0.2) is 24.3 Å². The second-order valence-electron chi connectivity index (χ2n) is 18.1. The second-order valence-corrected chi connectivity index (χ2v) is 18.1. The van der Waals surface area contributed by atoms with Gasteiger partial charge in [-0.15, -0.1) is 0 Å². The first-order chi connectivity index (χ1) is 33.9. The molecule has 0 aliphatic carbocycles. The molecule has 0 aliphatic rings. The van der Waals surface area contributed by atoms with Crippen molar-refractivity contribution in [2.24, 2.45) is 10.8 Å². The third kappa shape index (κ3) is 30.7. The number of carbonyl (C=O) groups excluding carboxylic acids is 8. The van der Waals surface area contributed by atoms with Gasteiger partial charge in [-0.2, -0.15) is 0 Å². The number of rotatable bonds is 42. The van der Waals surface area contributed by atoms with Crippen LogP contribution in [0.5, 0.6) is 0 Å². The Kier molecular flexibility index (Phi) is 34.1. The minimum absolute atomic E-state index is 0.0737. The number of aliphatic hydroxyl groups is 1. The summed E-state index contributed by atoms with van der Waals surface area (Å²) in [6.07, 6.45) is 11.7. The molecule has 1 aromatic carbocycles. The van der Waals surface area contributed by atoms with E-state index in [1.165, 1.54) is 24.3 Å². The number of carboxylic acid groups (broad SMARTS) is 1. The van der Waals surface area contributed by atoms with E-state index in [2.05, 4.69) is 0 Å². The van der Waals surface area contributed by atoms with Crippen molar-refractivity contribution >= 4 is 53.7 Å². The minimum atomic E-state index is -1.28. The van der Waals surface area contributed by atoms with Gasteiger partial charge in [0.1, 0.15) is 26.4 Å². The second kappa shape index (κ2) is 38.1. The molecule has 402 valence electrons. The molecule has 0 saturated heterocycles. The van der Waals surface area contributed by atoms with Gasteiger partial charge in [0.25, 0.3) is 0 Å². The number of esters is 8. The van der Waals surface area contributed by atoms with Crippen LogP contribution in [0.4, 0.5) is 0 Å². The van der Waals surface area contributed by atoms with Crippen molar-refractivity contribution < 1.29 is 91.3 Å². The van der Waals surface area contributed by atoms with E-state index in [0.717, 1.165) is 19.3 Å². The molecule has 1 rings (SSSR count). The summed E-state index contributed by atoms with van der Waals surface area (Å²) in [4.78, 5) is 110. The molecule has 0 saturated carbocycles. The molecule has 0 fully saturated rings. The normalized spacial score (nSPS) is 11.9. The lowest BCUT2D eigenvalue weighted by atomic mass is 9.72. The van der Waals surface area contributed by atoms with Gasteiger partial charge in [-0.1, -0.05) is 25.5 Å². The van der Waals surface area contributed by atoms with Crippen molar-refractivity contribution in [1.29, 1.82) is 0 Å². The molecule has 1 aromatic rings. The summed E-state index contributed by atoms with van der Waals surface area (Å²) in [7, 11) is 0. The number of carbonyl (C=O) groups is 9. The van der Waals surface area contributed by atoms with E-state index in [9.17, 15) is 48.3 Å². The molecular weight excluding hydrogens is 929 g/mol. The van der Waals surface area contributed by atoms with Gasteiger partial charge in [-0.05, 0) is 136 Å². The first kappa shape index (κ1) is 63.4. The summed E-state index contributed by atoms with van der Waals surface area (Å²) in [5.74, 6) is -4.92. The fourth-order valence-electron chi connectivity index (χ4n) is 7.10. The number of carboxylic acids is 1. The average molecular weight is 1010 g/mol. The van der Waals surface area contributed by atoms with Crippen molar-refractivity contribution in [3.05, 3.63) is 35.4 Å². The number of hydrogen-bond donors (Lipinski definition) is 2. The predicted molar refractivity (Wildman–Crippen MR) is 257 cm³/mol. The Morgan fingerprint density at radius 3 is 1.14 bits per heavy atom. The molecule has 0 heterocycles. The maximum atomic E-state index is 13.0. The summed E-state index contributed by atoms with van der Waals surface area (Å²) in [6.45, 7) is 7.03. The van der Waals surface area contributed by atoms with Crippen LogP contribution < -0.4 is 0 Å². The quantitative estimate of drug-likeness (QED) is 0.0357. The van der Waals surface area contributed by atoms with E-state index in [4.69, 9.17) is 43.0 Å². The Morgan fingerprint density at radius 2 is 0.761 bits per heavy atom. The van der Waals surface area contributed by atoms with Gasteiger partial charge in [0.2, 0.25) is 0 Å². The zero-order valence-electron chi connectivity index (χ0n) is 42.6. The Labute approximate surface area is 418 Å². The van der Waals surface area contributed by atoms with E-state index in [0.29, 0.717) is 110 Å². The van der Waals surface area contributed by atoms with Crippen molar-refractivity contribution in [1.82, 2.24) is 0 Å². The van der Waals surface area contributed by atoms with E-state index in [1.54, 1.807) is 27.7 Å². The van der Waals surface area contributed by atoms with E-state index in [1.807, 2.05) is 0 Å². The maximum Gasteiger partial charge on any atom is 0.339 e. The molecule has 0 aliphatic heterocycles. The average Bonchev–Trinajstić information content (AvgIpc) is 3.34. The third-order valence-electron chi connectivity index (χ3n) is 11.4.